The molecule has 1 aliphatic rings. The summed E-state index contributed by atoms with van der Waals surface area (Å²) in [5, 5.41) is 0. The summed E-state index contributed by atoms with van der Waals surface area (Å²) in [6, 6.07) is 0. The Bertz CT molecular complexity index is 158. The first-order chi connectivity index (χ1) is 5.34. The molecule has 0 fully saturated rings. The summed E-state index contributed by atoms with van der Waals surface area (Å²) in [5.41, 5.74) is 0. The smallest absolute Gasteiger partial charge is 0.140 e. The van der Waals surface area contributed by atoms with Crippen LogP contribution < -0.4 is 0 Å². The van der Waals surface area contributed by atoms with Crippen LogP contribution in [0.4, 0.5) is 0 Å². The van der Waals surface area contributed by atoms with Crippen molar-refractivity contribution in [2.75, 3.05) is 0 Å². The molecular weight excluding hydrogens is 136 g/mol. The van der Waals surface area contributed by atoms with Crippen LogP contribution in [0.3, 0.4) is 0 Å². The van der Waals surface area contributed by atoms with Gasteiger partial charge in [-0.1, -0.05) is 31.9 Å². The summed E-state index contributed by atoms with van der Waals surface area (Å²) in [6.45, 7) is 2.16. The van der Waals surface area contributed by atoms with E-state index >= 15 is 0 Å². The molecule has 1 rings (SSSR count). The van der Waals surface area contributed by atoms with Crippen molar-refractivity contribution in [2.45, 2.75) is 39.0 Å². The number of carbonyl (C=O) groups excluding carboxylic acids is 1. The van der Waals surface area contributed by atoms with Crippen molar-refractivity contribution in [1.29, 1.82) is 0 Å². The topological polar surface area (TPSA) is 17.1 Å². The molecule has 0 heterocycles. The molecule has 1 heteroatoms. The molecule has 0 saturated heterocycles. The van der Waals surface area contributed by atoms with Gasteiger partial charge in [0.1, 0.15) is 5.78 Å². The van der Waals surface area contributed by atoms with Crippen LogP contribution in [0.15, 0.2) is 12.2 Å². The van der Waals surface area contributed by atoms with Gasteiger partial charge in [-0.2, -0.15) is 0 Å². The Kier molecular flexibility index (Phi) is 3.34. The van der Waals surface area contributed by atoms with E-state index in [0.717, 1.165) is 19.3 Å². The zero-order chi connectivity index (χ0) is 8.10. The van der Waals surface area contributed by atoms with Gasteiger partial charge in [-0.3, -0.25) is 4.79 Å². The lowest BCUT2D eigenvalue weighted by Crippen LogP contribution is -2.14. The maximum absolute atomic E-state index is 11.2. The van der Waals surface area contributed by atoms with E-state index in [4.69, 9.17) is 0 Å². The first-order valence-corrected chi connectivity index (χ1v) is 4.54. The molecule has 0 spiro atoms. The lowest BCUT2D eigenvalue weighted by atomic mass is 9.90. The molecule has 0 aliphatic heterocycles. The molecule has 0 radical (unpaired) electrons. The minimum Gasteiger partial charge on any atom is -0.299 e. The fourth-order valence-corrected chi connectivity index (χ4v) is 1.46. The quantitative estimate of drug-likeness (QED) is 0.568. The number of hydrogen-bond donors (Lipinski definition) is 0. The Morgan fingerprint density at radius 2 is 2.45 bits per heavy atom. The summed E-state index contributed by atoms with van der Waals surface area (Å²) >= 11 is 0. The van der Waals surface area contributed by atoms with Gasteiger partial charge in [0.25, 0.3) is 0 Å². The molecule has 0 aromatic heterocycles. The van der Waals surface area contributed by atoms with Gasteiger partial charge in [0.05, 0.1) is 0 Å². The minimum atomic E-state index is 0.253. The van der Waals surface area contributed by atoms with Crippen molar-refractivity contribution in [1.82, 2.24) is 0 Å². The van der Waals surface area contributed by atoms with E-state index in [1.807, 2.05) is 0 Å². The third kappa shape index (κ3) is 2.49. The van der Waals surface area contributed by atoms with Gasteiger partial charge in [0.15, 0.2) is 0 Å². The van der Waals surface area contributed by atoms with Crippen LogP contribution in [0.25, 0.3) is 0 Å². The van der Waals surface area contributed by atoms with Crippen LogP contribution in [-0.2, 0) is 4.79 Å². The summed E-state index contributed by atoms with van der Waals surface area (Å²) in [5.74, 6) is 0.699. The zero-order valence-electron chi connectivity index (χ0n) is 7.18. The Morgan fingerprint density at radius 3 is 3.09 bits per heavy atom. The molecule has 1 aliphatic carbocycles. The Morgan fingerprint density at radius 1 is 1.64 bits per heavy atom. The van der Waals surface area contributed by atoms with Gasteiger partial charge in [-0.05, 0) is 12.8 Å². The molecular formula is C10H16O. The highest BCUT2D eigenvalue weighted by Crippen LogP contribution is 2.18. The van der Waals surface area contributed by atoms with E-state index in [2.05, 4.69) is 19.1 Å². The van der Waals surface area contributed by atoms with Crippen molar-refractivity contribution >= 4 is 5.78 Å². The fraction of sp³-hybridized carbons (Fsp3) is 0.700. The average Bonchev–Trinajstić information content (AvgIpc) is 2.03. The number of unbranched alkanes of at least 4 members (excludes halogenated alkanes) is 1. The van der Waals surface area contributed by atoms with E-state index in [1.165, 1.54) is 12.8 Å². The molecule has 0 aromatic carbocycles. The molecule has 0 saturated carbocycles. The molecule has 0 amide bonds. The maximum Gasteiger partial charge on any atom is 0.140 e. The summed E-state index contributed by atoms with van der Waals surface area (Å²) in [7, 11) is 0. The largest absolute Gasteiger partial charge is 0.299 e. The Balaban J connectivity index is 2.35. The predicted molar refractivity (Wildman–Crippen MR) is 46.4 cm³/mol. The summed E-state index contributed by atoms with van der Waals surface area (Å²) in [6.07, 6.45) is 9.39. The molecule has 0 unspecified atom stereocenters. The van der Waals surface area contributed by atoms with Crippen LogP contribution in [0.1, 0.15) is 39.0 Å². The molecule has 62 valence electrons. The molecule has 1 atom stereocenters. The Labute approximate surface area is 68.5 Å². The van der Waals surface area contributed by atoms with E-state index in [1.54, 1.807) is 0 Å². The molecule has 0 N–H and O–H groups in total. The predicted octanol–water partition coefficient (Wildman–Crippen LogP) is 2.71. The third-order valence-electron chi connectivity index (χ3n) is 2.21. The highest BCUT2D eigenvalue weighted by atomic mass is 16.1. The monoisotopic (exact) mass is 152 g/mol. The molecule has 0 bridgehead atoms. The average molecular weight is 152 g/mol. The number of carbonyl (C=O) groups is 1. The number of rotatable bonds is 3. The Hall–Kier alpha value is -0.590. The van der Waals surface area contributed by atoms with Crippen LogP contribution >= 0.6 is 0 Å². The second kappa shape index (κ2) is 4.32. The van der Waals surface area contributed by atoms with Crippen LogP contribution in [-0.4, -0.2) is 5.78 Å². The second-order valence-corrected chi connectivity index (χ2v) is 3.18. The number of Topliss-reactive ketones (excluding diaryl/α,β-unsaturated/α-hetero) is 1. The SMILES string of the molecule is CCCC[C@@H]1C=CCCC1=O. The van der Waals surface area contributed by atoms with Crippen molar-refractivity contribution in [2.24, 2.45) is 5.92 Å². The fourth-order valence-electron chi connectivity index (χ4n) is 1.46. The van der Waals surface area contributed by atoms with E-state index in [-0.39, 0.29) is 5.92 Å². The van der Waals surface area contributed by atoms with Gasteiger partial charge < -0.3 is 0 Å². The van der Waals surface area contributed by atoms with Crippen molar-refractivity contribution in [3.05, 3.63) is 12.2 Å². The van der Waals surface area contributed by atoms with Crippen LogP contribution in [0.2, 0.25) is 0 Å². The summed E-state index contributed by atoms with van der Waals surface area (Å²) in [4.78, 5) is 11.2. The first kappa shape index (κ1) is 8.51. The second-order valence-electron chi connectivity index (χ2n) is 3.18. The van der Waals surface area contributed by atoms with Crippen molar-refractivity contribution in [3.63, 3.8) is 0 Å². The van der Waals surface area contributed by atoms with Gasteiger partial charge in [0, 0.05) is 12.3 Å². The maximum atomic E-state index is 11.2. The van der Waals surface area contributed by atoms with Gasteiger partial charge in [0.2, 0.25) is 0 Å². The highest BCUT2D eigenvalue weighted by Gasteiger charge is 2.16. The zero-order valence-corrected chi connectivity index (χ0v) is 7.18. The highest BCUT2D eigenvalue weighted by molar-refractivity contribution is 5.83. The van der Waals surface area contributed by atoms with E-state index in [9.17, 15) is 4.79 Å². The molecule has 1 nitrogen and oxygen atoms in total. The lowest BCUT2D eigenvalue weighted by Gasteiger charge is -2.13. The van der Waals surface area contributed by atoms with Crippen molar-refractivity contribution in [3.8, 4) is 0 Å². The van der Waals surface area contributed by atoms with Gasteiger partial charge >= 0.3 is 0 Å². The lowest BCUT2D eigenvalue weighted by molar-refractivity contribution is -0.122. The van der Waals surface area contributed by atoms with Crippen LogP contribution in [0.5, 0.6) is 0 Å². The van der Waals surface area contributed by atoms with Crippen molar-refractivity contribution < 1.29 is 4.79 Å². The molecule has 0 aromatic rings. The number of allylic oxidation sites excluding steroid dienone is 2. The first-order valence-electron chi connectivity index (χ1n) is 4.54. The minimum absolute atomic E-state index is 0.253. The third-order valence-corrected chi connectivity index (χ3v) is 2.21. The van der Waals surface area contributed by atoms with E-state index in [0.29, 0.717) is 5.78 Å². The van der Waals surface area contributed by atoms with E-state index < -0.39 is 0 Å². The normalized spacial score (nSPS) is 24.1. The number of ketones is 1. The van der Waals surface area contributed by atoms with Crippen LogP contribution in [0, 0.1) is 5.92 Å². The number of hydrogen-bond acceptors (Lipinski definition) is 1. The van der Waals surface area contributed by atoms with Gasteiger partial charge in [-0.15, -0.1) is 0 Å². The summed E-state index contributed by atoms with van der Waals surface area (Å²) < 4.78 is 0. The molecule has 11 heavy (non-hydrogen) atoms. The van der Waals surface area contributed by atoms with Gasteiger partial charge in [-0.25, -0.2) is 0 Å². The standard InChI is InChI=1S/C10H16O/c1-2-3-6-9-7-4-5-8-10(9)11/h4,7,9H,2-3,5-6,8H2,1H3/t9-/m1/s1.